The number of nitrogens with zero attached hydrogens (tertiary/aromatic N) is 3. The van der Waals surface area contributed by atoms with Gasteiger partial charge in [-0.3, -0.25) is 4.98 Å². The molecule has 4 heterocycles. The number of halogens is 2. The highest BCUT2D eigenvalue weighted by molar-refractivity contribution is 6.36. The zero-order valence-electron chi connectivity index (χ0n) is 16.6. The molecule has 0 saturated carbocycles. The predicted octanol–water partition coefficient (Wildman–Crippen LogP) is 3.64. The molecule has 3 saturated heterocycles. The second kappa shape index (κ2) is 8.35. The first-order chi connectivity index (χ1) is 14.6. The molecule has 3 aliphatic heterocycles. The monoisotopic (exact) mass is 446 g/mol. The summed E-state index contributed by atoms with van der Waals surface area (Å²) in [4.78, 5) is 21.4. The van der Waals surface area contributed by atoms with E-state index in [1.807, 2.05) is 40.3 Å². The lowest BCUT2D eigenvalue weighted by Crippen LogP contribution is -2.62. The third-order valence-corrected chi connectivity index (χ3v) is 6.81. The van der Waals surface area contributed by atoms with Gasteiger partial charge in [0.1, 0.15) is 0 Å². The summed E-state index contributed by atoms with van der Waals surface area (Å²) < 4.78 is 5.80. The van der Waals surface area contributed by atoms with Gasteiger partial charge < -0.3 is 19.9 Å². The van der Waals surface area contributed by atoms with Gasteiger partial charge in [-0.15, -0.1) is 0 Å². The number of urea groups is 1. The fourth-order valence-corrected chi connectivity index (χ4v) is 5.02. The number of ether oxygens (including phenoxy) is 1. The summed E-state index contributed by atoms with van der Waals surface area (Å²) in [6, 6.07) is 9.90. The Hall–Kier alpha value is -1.86. The van der Waals surface area contributed by atoms with Crippen LogP contribution in [0.15, 0.2) is 36.5 Å². The van der Waals surface area contributed by atoms with E-state index >= 15 is 0 Å². The van der Waals surface area contributed by atoms with Crippen LogP contribution in [0.4, 0.5) is 4.79 Å². The van der Waals surface area contributed by atoms with Crippen molar-refractivity contribution in [1.29, 1.82) is 0 Å². The van der Waals surface area contributed by atoms with E-state index in [1.54, 1.807) is 6.07 Å². The smallest absolute Gasteiger partial charge is 0.320 e. The summed E-state index contributed by atoms with van der Waals surface area (Å²) in [5.41, 5.74) is 2.88. The zero-order chi connectivity index (χ0) is 20.7. The van der Waals surface area contributed by atoms with Crippen LogP contribution in [-0.4, -0.2) is 72.3 Å². The van der Waals surface area contributed by atoms with Crippen molar-refractivity contribution in [1.82, 2.24) is 20.1 Å². The number of morpholine rings is 1. The molecule has 3 fully saturated rings. The maximum absolute atomic E-state index is 12.9. The van der Waals surface area contributed by atoms with E-state index in [0.29, 0.717) is 23.1 Å². The van der Waals surface area contributed by atoms with Crippen LogP contribution in [0.25, 0.3) is 11.1 Å². The van der Waals surface area contributed by atoms with E-state index in [0.717, 1.165) is 49.5 Å². The molecule has 2 amide bonds. The number of pyridine rings is 1. The first-order valence-electron chi connectivity index (χ1n) is 10.4. The minimum atomic E-state index is 0.127. The molecule has 5 rings (SSSR count). The normalized spacial score (nSPS) is 24.3. The third-order valence-electron chi connectivity index (χ3n) is 6.26. The number of piperidine rings is 1. The highest BCUT2D eigenvalue weighted by atomic mass is 35.5. The Kier molecular flexibility index (Phi) is 5.58. The van der Waals surface area contributed by atoms with Crippen LogP contribution < -0.4 is 5.32 Å². The zero-order valence-corrected chi connectivity index (χ0v) is 18.1. The van der Waals surface area contributed by atoms with E-state index in [-0.39, 0.29) is 24.1 Å². The molecule has 3 aliphatic rings. The lowest BCUT2D eigenvalue weighted by atomic mass is 9.94. The fraction of sp³-hybridized carbons (Fsp3) is 0.455. The van der Waals surface area contributed by atoms with Crippen molar-refractivity contribution in [2.45, 2.75) is 24.5 Å². The van der Waals surface area contributed by atoms with Gasteiger partial charge in [0.25, 0.3) is 0 Å². The van der Waals surface area contributed by atoms with Gasteiger partial charge in [0.2, 0.25) is 0 Å². The van der Waals surface area contributed by atoms with Crippen LogP contribution in [0.1, 0.15) is 18.0 Å². The Bertz CT molecular complexity index is 933. The van der Waals surface area contributed by atoms with Gasteiger partial charge in [0, 0.05) is 71.7 Å². The number of benzene rings is 1. The van der Waals surface area contributed by atoms with Crippen LogP contribution in [-0.2, 0) is 4.74 Å². The minimum absolute atomic E-state index is 0.127. The lowest BCUT2D eigenvalue weighted by Gasteiger charge is -2.46. The molecular weight excluding hydrogens is 423 g/mol. The van der Waals surface area contributed by atoms with E-state index < -0.39 is 0 Å². The summed E-state index contributed by atoms with van der Waals surface area (Å²) in [6.45, 7) is 4.52. The molecule has 0 bridgehead atoms. The molecule has 6 nitrogen and oxygen atoms in total. The highest BCUT2D eigenvalue weighted by Gasteiger charge is 2.39. The lowest BCUT2D eigenvalue weighted by molar-refractivity contribution is -0.0392. The Balaban J connectivity index is 1.18. The van der Waals surface area contributed by atoms with Crippen molar-refractivity contribution in [3.63, 3.8) is 0 Å². The Labute approximate surface area is 186 Å². The number of hydrogen-bond donors (Lipinski definition) is 1. The predicted molar refractivity (Wildman–Crippen MR) is 117 cm³/mol. The Morgan fingerprint density at radius 2 is 2.00 bits per heavy atom. The van der Waals surface area contributed by atoms with Crippen LogP contribution in [0, 0.1) is 0 Å². The number of hydrogen-bond acceptors (Lipinski definition) is 4. The SMILES string of the molecule is O=C(N1CC(c2ccc(-c3ccc(Cl)cc3Cl)cn2)C1)N1CCC2OCCNC2C1. The summed E-state index contributed by atoms with van der Waals surface area (Å²) >= 11 is 12.3. The van der Waals surface area contributed by atoms with Gasteiger partial charge in [-0.25, -0.2) is 4.79 Å². The second-order valence-corrected chi connectivity index (χ2v) is 9.03. The quantitative estimate of drug-likeness (QED) is 0.764. The first-order valence-corrected chi connectivity index (χ1v) is 11.1. The summed E-state index contributed by atoms with van der Waals surface area (Å²) in [5.74, 6) is 0.275. The van der Waals surface area contributed by atoms with Gasteiger partial charge in [-0.1, -0.05) is 35.3 Å². The summed E-state index contributed by atoms with van der Waals surface area (Å²) in [7, 11) is 0. The number of amides is 2. The molecular formula is C22H24Cl2N4O2. The standard InChI is InChI=1S/C22H24Cl2N4O2/c23-16-2-3-17(18(24)9-16)14-1-4-19(26-10-14)15-11-28(12-15)22(29)27-7-5-21-20(13-27)25-6-8-30-21/h1-4,9-10,15,20-21,25H,5-8,11-13H2. The maximum Gasteiger partial charge on any atom is 0.320 e. The molecule has 2 aromatic rings. The highest BCUT2D eigenvalue weighted by Crippen LogP contribution is 2.32. The molecule has 30 heavy (non-hydrogen) atoms. The van der Waals surface area contributed by atoms with Gasteiger partial charge in [0.05, 0.1) is 18.8 Å². The molecule has 1 aromatic heterocycles. The maximum atomic E-state index is 12.9. The number of fused-ring (bicyclic) bond motifs is 1. The average molecular weight is 447 g/mol. The van der Waals surface area contributed by atoms with Gasteiger partial charge >= 0.3 is 6.03 Å². The van der Waals surface area contributed by atoms with E-state index in [2.05, 4.69) is 10.3 Å². The Morgan fingerprint density at radius 3 is 2.77 bits per heavy atom. The second-order valence-electron chi connectivity index (χ2n) is 8.18. The molecule has 158 valence electrons. The van der Waals surface area contributed by atoms with Crippen molar-refractivity contribution in [2.75, 3.05) is 39.3 Å². The molecule has 2 atom stereocenters. The molecule has 8 heteroatoms. The number of nitrogens with one attached hydrogen (secondary N) is 1. The van der Waals surface area contributed by atoms with Gasteiger partial charge in [-0.2, -0.15) is 0 Å². The van der Waals surface area contributed by atoms with Crippen molar-refractivity contribution < 1.29 is 9.53 Å². The van der Waals surface area contributed by atoms with Gasteiger partial charge in [0.15, 0.2) is 0 Å². The Morgan fingerprint density at radius 1 is 1.13 bits per heavy atom. The van der Waals surface area contributed by atoms with Gasteiger partial charge in [-0.05, 0) is 24.6 Å². The summed E-state index contributed by atoms with van der Waals surface area (Å²) in [5, 5.41) is 4.70. The van der Waals surface area contributed by atoms with E-state index in [1.165, 1.54) is 0 Å². The van der Waals surface area contributed by atoms with Crippen LogP contribution in [0.2, 0.25) is 10.0 Å². The number of carbonyl (C=O) groups excluding carboxylic acids is 1. The topological polar surface area (TPSA) is 57.7 Å². The molecule has 1 aromatic carbocycles. The molecule has 2 unspecified atom stereocenters. The van der Waals surface area contributed by atoms with E-state index in [4.69, 9.17) is 27.9 Å². The minimum Gasteiger partial charge on any atom is -0.375 e. The number of likely N-dealkylation sites (tertiary alicyclic amines) is 2. The van der Waals surface area contributed by atoms with Crippen LogP contribution in [0.3, 0.4) is 0 Å². The largest absolute Gasteiger partial charge is 0.375 e. The van der Waals surface area contributed by atoms with Crippen molar-refractivity contribution in [3.8, 4) is 11.1 Å². The van der Waals surface area contributed by atoms with Crippen molar-refractivity contribution in [3.05, 3.63) is 52.3 Å². The van der Waals surface area contributed by atoms with E-state index in [9.17, 15) is 4.79 Å². The third kappa shape index (κ3) is 3.89. The average Bonchev–Trinajstić information content (AvgIpc) is 2.73. The molecule has 0 spiro atoms. The number of carbonyl (C=O) groups is 1. The number of rotatable bonds is 2. The first kappa shape index (κ1) is 20.1. The molecule has 0 aliphatic carbocycles. The van der Waals surface area contributed by atoms with Crippen LogP contribution >= 0.6 is 23.2 Å². The molecule has 0 radical (unpaired) electrons. The van der Waals surface area contributed by atoms with Crippen LogP contribution in [0.5, 0.6) is 0 Å². The fourth-order valence-electron chi connectivity index (χ4n) is 4.51. The molecule has 1 N–H and O–H groups in total. The van der Waals surface area contributed by atoms with Crippen molar-refractivity contribution in [2.24, 2.45) is 0 Å². The summed E-state index contributed by atoms with van der Waals surface area (Å²) in [6.07, 6.45) is 2.98. The van der Waals surface area contributed by atoms with Crippen molar-refractivity contribution >= 4 is 29.2 Å². The number of aromatic nitrogens is 1.